The van der Waals surface area contributed by atoms with E-state index in [4.69, 9.17) is 4.74 Å². The monoisotopic (exact) mass is 341 g/mol. The highest BCUT2D eigenvalue weighted by molar-refractivity contribution is 5.82. The maximum Gasteiger partial charge on any atom is 0.256 e. The normalized spacial score (nSPS) is 16.5. The van der Waals surface area contributed by atoms with Crippen molar-refractivity contribution in [2.45, 2.75) is 38.9 Å². The van der Waals surface area contributed by atoms with Crippen molar-refractivity contribution in [1.82, 2.24) is 14.9 Å². The molecule has 132 valence electrons. The number of rotatable bonds is 4. The van der Waals surface area contributed by atoms with Gasteiger partial charge >= 0.3 is 0 Å². The van der Waals surface area contributed by atoms with Gasteiger partial charge in [-0.3, -0.25) is 4.79 Å². The van der Waals surface area contributed by atoms with Gasteiger partial charge in [0.2, 0.25) is 5.88 Å². The standard InChI is InChI=1S/C19H23N3O3/c1-13-12-17(21-14(2)20-13)25-16-8-10-22(11-9-16)19(24)18(23)15-6-4-3-5-7-15/h3-7,12,16,18,23H,8-11H2,1-2H3. The van der Waals surface area contributed by atoms with E-state index in [0.717, 1.165) is 18.5 Å². The van der Waals surface area contributed by atoms with E-state index >= 15 is 0 Å². The Kier molecular flexibility index (Phi) is 5.28. The molecule has 0 saturated carbocycles. The summed E-state index contributed by atoms with van der Waals surface area (Å²) in [6, 6.07) is 10.8. The minimum Gasteiger partial charge on any atom is -0.474 e. The van der Waals surface area contributed by atoms with Gasteiger partial charge in [0.25, 0.3) is 5.91 Å². The van der Waals surface area contributed by atoms with E-state index in [1.165, 1.54) is 0 Å². The first-order chi connectivity index (χ1) is 12.0. The molecule has 6 heteroatoms. The van der Waals surface area contributed by atoms with Crippen LogP contribution in [-0.2, 0) is 4.79 Å². The molecule has 0 bridgehead atoms. The van der Waals surface area contributed by atoms with Crippen LogP contribution in [0.2, 0.25) is 0 Å². The van der Waals surface area contributed by atoms with Gasteiger partial charge in [0.05, 0.1) is 0 Å². The van der Waals surface area contributed by atoms with E-state index in [-0.39, 0.29) is 12.0 Å². The van der Waals surface area contributed by atoms with Gasteiger partial charge in [0.1, 0.15) is 11.9 Å². The van der Waals surface area contributed by atoms with Gasteiger partial charge < -0.3 is 14.7 Å². The quantitative estimate of drug-likeness (QED) is 0.923. The van der Waals surface area contributed by atoms with E-state index in [1.54, 1.807) is 17.0 Å². The molecule has 2 heterocycles. The molecule has 1 aliphatic heterocycles. The number of hydrogen-bond acceptors (Lipinski definition) is 5. The summed E-state index contributed by atoms with van der Waals surface area (Å²) in [4.78, 5) is 22.7. The number of carbonyl (C=O) groups is 1. The zero-order valence-corrected chi connectivity index (χ0v) is 14.6. The van der Waals surface area contributed by atoms with Crippen molar-refractivity contribution in [3.05, 3.63) is 53.5 Å². The Hall–Kier alpha value is -2.47. The number of aliphatic hydroxyl groups excluding tert-OH is 1. The summed E-state index contributed by atoms with van der Waals surface area (Å²) in [6.07, 6.45) is 0.350. The SMILES string of the molecule is Cc1cc(OC2CCN(C(=O)C(O)c3ccccc3)CC2)nc(C)n1. The Balaban J connectivity index is 1.55. The number of aliphatic hydroxyl groups is 1. The lowest BCUT2D eigenvalue weighted by molar-refractivity contribution is -0.142. The van der Waals surface area contributed by atoms with Crippen molar-refractivity contribution in [3.63, 3.8) is 0 Å². The first-order valence-electron chi connectivity index (χ1n) is 8.53. The molecule has 1 saturated heterocycles. The third kappa shape index (κ3) is 4.33. The number of amides is 1. The molecule has 0 spiro atoms. The second-order valence-electron chi connectivity index (χ2n) is 6.35. The lowest BCUT2D eigenvalue weighted by atomic mass is 10.0. The number of likely N-dealkylation sites (tertiary alicyclic amines) is 1. The maximum absolute atomic E-state index is 12.5. The Morgan fingerprint density at radius 1 is 1.20 bits per heavy atom. The van der Waals surface area contributed by atoms with E-state index < -0.39 is 6.10 Å². The average molecular weight is 341 g/mol. The van der Waals surface area contributed by atoms with Crippen LogP contribution in [0.3, 0.4) is 0 Å². The molecule has 1 aromatic heterocycles. The van der Waals surface area contributed by atoms with Gasteiger partial charge in [-0.25, -0.2) is 4.98 Å². The van der Waals surface area contributed by atoms with Crippen LogP contribution >= 0.6 is 0 Å². The zero-order valence-electron chi connectivity index (χ0n) is 14.6. The highest BCUT2D eigenvalue weighted by Gasteiger charge is 2.28. The van der Waals surface area contributed by atoms with E-state index in [2.05, 4.69) is 9.97 Å². The molecule has 1 aliphatic rings. The van der Waals surface area contributed by atoms with Crippen molar-refractivity contribution in [1.29, 1.82) is 0 Å². The molecule has 0 radical (unpaired) electrons. The highest BCUT2D eigenvalue weighted by Crippen LogP contribution is 2.21. The fourth-order valence-corrected chi connectivity index (χ4v) is 3.06. The number of piperidine rings is 1. The van der Waals surface area contributed by atoms with Crippen LogP contribution in [0.4, 0.5) is 0 Å². The Morgan fingerprint density at radius 3 is 2.52 bits per heavy atom. The van der Waals surface area contributed by atoms with E-state index in [9.17, 15) is 9.90 Å². The largest absolute Gasteiger partial charge is 0.474 e. The summed E-state index contributed by atoms with van der Waals surface area (Å²) in [6.45, 7) is 4.88. The van der Waals surface area contributed by atoms with Gasteiger partial charge in [-0.15, -0.1) is 0 Å². The number of ether oxygens (including phenoxy) is 1. The van der Waals surface area contributed by atoms with Crippen LogP contribution in [0.1, 0.15) is 36.0 Å². The van der Waals surface area contributed by atoms with E-state index in [1.807, 2.05) is 38.1 Å². The number of hydrogen-bond donors (Lipinski definition) is 1. The molecule has 1 amide bonds. The number of nitrogens with zero attached hydrogens (tertiary/aromatic N) is 3. The van der Waals surface area contributed by atoms with Crippen LogP contribution in [-0.4, -0.2) is 45.1 Å². The third-order valence-corrected chi connectivity index (χ3v) is 4.33. The molecule has 1 atom stereocenters. The summed E-state index contributed by atoms with van der Waals surface area (Å²) >= 11 is 0. The molecule has 2 aromatic rings. The van der Waals surface area contributed by atoms with Gasteiger partial charge in [-0.05, 0) is 19.4 Å². The fraction of sp³-hybridized carbons (Fsp3) is 0.421. The first-order valence-corrected chi connectivity index (χ1v) is 8.53. The molecule has 25 heavy (non-hydrogen) atoms. The molecule has 1 fully saturated rings. The molecular weight excluding hydrogens is 318 g/mol. The minimum absolute atomic E-state index is 0.0200. The predicted octanol–water partition coefficient (Wildman–Crippen LogP) is 2.20. The van der Waals surface area contributed by atoms with Crippen LogP contribution < -0.4 is 4.74 Å². The highest BCUT2D eigenvalue weighted by atomic mass is 16.5. The third-order valence-electron chi connectivity index (χ3n) is 4.33. The second-order valence-corrected chi connectivity index (χ2v) is 6.35. The molecular formula is C19H23N3O3. The van der Waals surface area contributed by atoms with Crippen LogP contribution in [0, 0.1) is 13.8 Å². The smallest absolute Gasteiger partial charge is 0.256 e. The lowest BCUT2D eigenvalue weighted by Gasteiger charge is -2.33. The van der Waals surface area contributed by atoms with Crippen molar-refractivity contribution < 1.29 is 14.6 Å². The topological polar surface area (TPSA) is 75.5 Å². The fourth-order valence-electron chi connectivity index (χ4n) is 3.06. The molecule has 1 N–H and O–H groups in total. The second kappa shape index (κ2) is 7.61. The van der Waals surface area contributed by atoms with Crippen molar-refractivity contribution in [3.8, 4) is 5.88 Å². The molecule has 6 nitrogen and oxygen atoms in total. The van der Waals surface area contributed by atoms with Gasteiger partial charge in [-0.1, -0.05) is 30.3 Å². The molecule has 1 unspecified atom stereocenters. The first kappa shape index (κ1) is 17.4. The number of benzene rings is 1. The summed E-state index contributed by atoms with van der Waals surface area (Å²) in [5, 5.41) is 10.3. The summed E-state index contributed by atoms with van der Waals surface area (Å²) in [5.74, 6) is 1.02. The van der Waals surface area contributed by atoms with Crippen LogP contribution in [0.5, 0.6) is 5.88 Å². The summed E-state index contributed by atoms with van der Waals surface area (Å²) < 4.78 is 5.94. The molecule has 3 rings (SSSR count). The number of aryl methyl sites for hydroxylation is 2. The van der Waals surface area contributed by atoms with Crippen LogP contribution in [0.25, 0.3) is 0 Å². The minimum atomic E-state index is -1.11. The predicted molar refractivity (Wildman–Crippen MR) is 93.1 cm³/mol. The van der Waals surface area contributed by atoms with Crippen molar-refractivity contribution in [2.75, 3.05) is 13.1 Å². The average Bonchev–Trinajstić information content (AvgIpc) is 2.61. The van der Waals surface area contributed by atoms with E-state index in [0.29, 0.717) is 30.4 Å². The summed E-state index contributed by atoms with van der Waals surface area (Å²) in [7, 11) is 0. The van der Waals surface area contributed by atoms with Gasteiger partial charge in [0, 0.05) is 37.7 Å². The molecule has 0 aliphatic carbocycles. The summed E-state index contributed by atoms with van der Waals surface area (Å²) in [5.41, 5.74) is 1.50. The maximum atomic E-state index is 12.5. The number of carbonyl (C=O) groups excluding carboxylic acids is 1. The van der Waals surface area contributed by atoms with Gasteiger partial charge in [-0.2, -0.15) is 4.98 Å². The Bertz CT molecular complexity index is 708. The van der Waals surface area contributed by atoms with Gasteiger partial charge in [0.15, 0.2) is 6.10 Å². The van der Waals surface area contributed by atoms with Crippen molar-refractivity contribution in [2.24, 2.45) is 0 Å². The van der Waals surface area contributed by atoms with Crippen molar-refractivity contribution >= 4 is 5.91 Å². The Labute approximate surface area is 147 Å². The molecule has 1 aromatic carbocycles. The van der Waals surface area contributed by atoms with Crippen LogP contribution in [0.15, 0.2) is 36.4 Å². The zero-order chi connectivity index (χ0) is 17.8. The number of aromatic nitrogens is 2. The lowest BCUT2D eigenvalue weighted by Crippen LogP contribution is -2.43. The Morgan fingerprint density at radius 2 is 1.88 bits per heavy atom.